The third-order valence-electron chi connectivity index (χ3n) is 2.16. The van der Waals surface area contributed by atoms with E-state index in [0.29, 0.717) is 12.6 Å². The molecule has 80 valence electrons. The molecule has 2 N–H and O–H groups in total. The Morgan fingerprint density at radius 1 is 1.50 bits per heavy atom. The maximum atomic E-state index is 8.65. The molecule has 1 aromatic heterocycles. The average molecular weight is 199 g/mol. The van der Waals surface area contributed by atoms with E-state index in [1.807, 2.05) is 6.92 Å². The number of nitrogens with one attached hydrogen (secondary N) is 1. The van der Waals surface area contributed by atoms with Crippen LogP contribution >= 0.6 is 0 Å². The molecular formula is C9H17N3O2. The van der Waals surface area contributed by atoms with E-state index in [1.165, 1.54) is 0 Å². The molecule has 0 aliphatic carbocycles. The maximum Gasteiger partial charge on any atom is 0.121 e. The van der Waals surface area contributed by atoms with Gasteiger partial charge in [-0.3, -0.25) is 0 Å². The molecule has 0 radical (unpaired) electrons. The van der Waals surface area contributed by atoms with Crippen LogP contribution in [-0.2, 0) is 6.54 Å². The second-order valence-corrected chi connectivity index (χ2v) is 3.44. The topological polar surface area (TPSA) is 71.2 Å². The van der Waals surface area contributed by atoms with Crippen LogP contribution in [-0.4, -0.2) is 28.1 Å². The van der Waals surface area contributed by atoms with E-state index in [9.17, 15) is 0 Å². The summed E-state index contributed by atoms with van der Waals surface area (Å²) in [6.07, 6.45) is 1.78. The van der Waals surface area contributed by atoms with Gasteiger partial charge in [0.1, 0.15) is 11.4 Å². The summed E-state index contributed by atoms with van der Waals surface area (Å²) >= 11 is 0. The summed E-state index contributed by atoms with van der Waals surface area (Å²) in [6, 6.07) is 0.373. The summed E-state index contributed by atoms with van der Waals surface area (Å²) < 4.78 is 4.58. The molecule has 0 aliphatic rings. The maximum absolute atomic E-state index is 8.65. The van der Waals surface area contributed by atoms with Gasteiger partial charge in [0.2, 0.25) is 0 Å². The molecule has 0 aliphatic heterocycles. The van der Waals surface area contributed by atoms with Crippen molar-refractivity contribution in [2.24, 2.45) is 0 Å². The Balaban J connectivity index is 2.23. The lowest BCUT2D eigenvalue weighted by Gasteiger charge is -2.11. The van der Waals surface area contributed by atoms with Crippen molar-refractivity contribution in [1.29, 1.82) is 0 Å². The Kier molecular flexibility index (Phi) is 4.55. The van der Waals surface area contributed by atoms with Crippen molar-refractivity contribution in [1.82, 2.24) is 15.6 Å². The van der Waals surface area contributed by atoms with Crippen LogP contribution in [0.5, 0.6) is 0 Å². The van der Waals surface area contributed by atoms with Crippen molar-refractivity contribution in [3.63, 3.8) is 0 Å². The zero-order valence-corrected chi connectivity index (χ0v) is 8.66. The van der Waals surface area contributed by atoms with Crippen LogP contribution in [0.4, 0.5) is 0 Å². The molecule has 0 bridgehead atoms. The first-order valence-electron chi connectivity index (χ1n) is 4.86. The molecule has 0 fully saturated rings. The Labute approximate surface area is 83.5 Å². The highest BCUT2D eigenvalue weighted by Gasteiger charge is 2.06. The van der Waals surface area contributed by atoms with Gasteiger partial charge in [-0.25, -0.2) is 4.63 Å². The van der Waals surface area contributed by atoms with E-state index >= 15 is 0 Å². The van der Waals surface area contributed by atoms with Crippen LogP contribution in [0.1, 0.15) is 31.2 Å². The van der Waals surface area contributed by atoms with Gasteiger partial charge < -0.3 is 10.4 Å². The minimum absolute atomic E-state index is 0.247. The van der Waals surface area contributed by atoms with E-state index < -0.39 is 0 Å². The van der Waals surface area contributed by atoms with Crippen molar-refractivity contribution >= 4 is 0 Å². The summed E-state index contributed by atoms with van der Waals surface area (Å²) in [5.41, 5.74) is 1.67. The van der Waals surface area contributed by atoms with Crippen LogP contribution in [0.15, 0.2) is 4.63 Å². The van der Waals surface area contributed by atoms with E-state index in [4.69, 9.17) is 5.11 Å². The summed E-state index contributed by atoms with van der Waals surface area (Å²) in [7, 11) is 0. The van der Waals surface area contributed by atoms with Gasteiger partial charge in [-0.15, -0.1) is 0 Å². The molecule has 1 atom stereocenters. The molecule has 1 unspecified atom stereocenters. The van der Waals surface area contributed by atoms with Gasteiger partial charge in [0.15, 0.2) is 0 Å². The van der Waals surface area contributed by atoms with E-state index in [-0.39, 0.29) is 6.61 Å². The number of rotatable bonds is 6. The minimum Gasteiger partial charge on any atom is -0.396 e. The summed E-state index contributed by atoms with van der Waals surface area (Å²) in [6.45, 7) is 4.86. The van der Waals surface area contributed by atoms with Crippen molar-refractivity contribution < 1.29 is 9.74 Å². The number of aromatic nitrogens is 2. The largest absolute Gasteiger partial charge is 0.396 e. The Hall–Kier alpha value is -0.940. The Morgan fingerprint density at radius 3 is 2.86 bits per heavy atom. The summed E-state index contributed by atoms with van der Waals surface area (Å²) in [5, 5.41) is 19.4. The summed E-state index contributed by atoms with van der Waals surface area (Å²) in [5.74, 6) is 0. The minimum atomic E-state index is 0.247. The van der Waals surface area contributed by atoms with Crippen LogP contribution in [0.2, 0.25) is 0 Å². The number of hydrogen-bond donors (Lipinski definition) is 2. The lowest BCUT2D eigenvalue weighted by Crippen LogP contribution is -2.26. The fraction of sp³-hybridized carbons (Fsp3) is 0.778. The van der Waals surface area contributed by atoms with E-state index in [0.717, 1.165) is 24.2 Å². The fourth-order valence-corrected chi connectivity index (χ4v) is 1.18. The van der Waals surface area contributed by atoms with Crippen molar-refractivity contribution in [2.45, 2.75) is 39.3 Å². The van der Waals surface area contributed by atoms with E-state index in [2.05, 4.69) is 27.2 Å². The molecule has 0 aromatic carbocycles. The smallest absolute Gasteiger partial charge is 0.121 e. The predicted octanol–water partition coefficient (Wildman–Crippen LogP) is 0.629. The average Bonchev–Trinajstić information content (AvgIpc) is 2.58. The normalized spacial score (nSPS) is 13.1. The third kappa shape index (κ3) is 3.43. The van der Waals surface area contributed by atoms with Crippen LogP contribution in [0, 0.1) is 6.92 Å². The lowest BCUT2D eigenvalue weighted by atomic mass is 10.2. The molecule has 1 rings (SSSR count). The second-order valence-electron chi connectivity index (χ2n) is 3.44. The Bertz CT molecular complexity index is 262. The lowest BCUT2D eigenvalue weighted by molar-refractivity contribution is 0.275. The molecule has 0 saturated heterocycles. The summed E-state index contributed by atoms with van der Waals surface area (Å²) in [4.78, 5) is 0. The number of aliphatic hydroxyl groups excluding tert-OH is 1. The highest BCUT2D eigenvalue weighted by molar-refractivity contribution is 5.03. The molecule has 5 heteroatoms. The van der Waals surface area contributed by atoms with Gasteiger partial charge in [0.25, 0.3) is 0 Å². The molecule has 0 amide bonds. The molecular weight excluding hydrogens is 182 g/mol. The van der Waals surface area contributed by atoms with Gasteiger partial charge in [-0.1, -0.05) is 10.3 Å². The van der Waals surface area contributed by atoms with Gasteiger partial charge in [-0.2, -0.15) is 0 Å². The number of hydrogen-bond acceptors (Lipinski definition) is 5. The van der Waals surface area contributed by atoms with E-state index in [1.54, 1.807) is 0 Å². The molecule has 1 heterocycles. The van der Waals surface area contributed by atoms with Crippen molar-refractivity contribution in [2.75, 3.05) is 6.61 Å². The number of aliphatic hydroxyl groups is 1. The molecule has 14 heavy (non-hydrogen) atoms. The van der Waals surface area contributed by atoms with Crippen LogP contribution < -0.4 is 5.32 Å². The van der Waals surface area contributed by atoms with Gasteiger partial charge in [0, 0.05) is 19.2 Å². The highest BCUT2D eigenvalue weighted by atomic mass is 16.6. The molecule has 1 aromatic rings. The fourth-order valence-electron chi connectivity index (χ4n) is 1.18. The molecule has 0 spiro atoms. The molecule has 0 saturated carbocycles. The standard InChI is InChI=1S/C9H17N3O2/c1-7(4-3-5-13)10-6-9-8(2)11-14-12-9/h7,10,13H,3-6H2,1-2H3. The van der Waals surface area contributed by atoms with Gasteiger partial charge in [0.05, 0.1) is 0 Å². The zero-order chi connectivity index (χ0) is 10.4. The third-order valence-corrected chi connectivity index (χ3v) is 2.16. The number of nitrogens with zero attached hydrogens (tertiary/aromatic N) is 2. The van der Waals surface area contributed by atoms with Crippen molar-refractivity contribution in [3.8, 4) is 0 Å². The van der Waals surface area contributed by atoms with Crippen LogP contribution in [0.25, 0.3) is 0 Å². The van der Waals surface area contributed by atoms with Crippen molar-refractivity contribution in [3.05, 3.63) is 11.4 Å². The number of aryl methyl sites for hydroxylation is 1. The SMILES string of the molecule is Cc1nonc1CNC(C)CCCO. The first-order chi connectivity index (χ1) is 6.74. The van der Waals surface area contributed by atoms with Gasteiger partial charge >= 0.3 is 0 Å². The first-order valence-corrected chi connectivity index (χ1v) is 4.86. The highest BCUT2D eigenvalue weighted by Crippen LogP contribution is 2.02. The van der Waals surface area contributed by atoms with Crippen LogP contribution in [0.3, 0.4) is 0 Å². The second kappa shape index (κ2) is 5.72. The first kappa shape index (κ1) is 11.1. The van der Waals surface area contributed by atoms with Gasteiger partial charge in [-0.05, 0) is 26.7 Å². The zero-order valence-electron chi connectivity index (χ0n) is 8.66. The quantitative estimate of drug-likeness (QED) is 0.703. The monoisotopic (exact) mass is 199 g/mol. The Morgan fingerprint density at radius 2 is 2.29 bits per heavy atom. The molecule has 5 nitrogen and oxygen atoms in total. The predicted molar refractivity (Wildman–Crippen MR) is 51.7 cm³/mol.